The molecule has 0 radical (unpaired) electrons. The minimum absolute atomic E-state index is 0.434. The summed E-state index contributed by atoms with van der Waals surface area (Å²) in [4.78, 5) is 17.2. The molecule has 0 atom stereocenters. The zero-order chi connectivity index (χ0) is 14.6. The number of hydrogen-bond acceptors (Lipinski definition) is 4. The number of rotatable bonds is 2. The van der Waals surface area contributed by atoms with Crippen LogP contribution in [-0.4, -0.2) is 29.1 Å². The van der Waals surface area contributed by atoms with Crippen molar-refractivity contribution in [3.8, 4) is 6.07 Å². The molecule has 0 N–H and O–H groups in total. The van der Waals surface area contributed by atoms with Crippen LogP contribution in [0.2, 0.25) is 5.02 Å². The summed E-state index contributed by atoms with van der Waals surface area (Å²) >= 11 is 5.94. The van der Waals surface area contributed by atoms with E-state index in [2.05, 4.69) is 17.6 Å². The molecule has 0 unspecified atom stereocenters. The highest BCUT2D eigenvalue weighted by Crippen LogP contribution is 2.35. The summed E-state index contributed by atoms with van der Waals surface area (Å²) in [6.45, 7) is 4.25. The topological polar surface area (TPSA) is 66.2 Å². The summed E-state index contributed by atoms with van der Waals surface area (Å²) in [6.07, 6.45) is 4.92. The second kappa shape index (κ2) is 5.93. The first kappa shape index (κ1) is 14.4. The van der Waals surface area contributed by atoms with Crippen LogP contribution in [0.15, 0.2) is 31.3 Å². The fourth-order valence-electron chi connectivity index (χ4n) is 2.36. The van der Waals surface area contributed by atoms with Crippen LogP contribution >= 0.6 is 11.6 Å². The average Bonchev–Trinajstić information content (AvgIpc) is 2.47. The van der Waals surface area contributed by atoms with E-state index < -0.39 is 11.5 Å². The number of halogens is 1. The van der Waals surface area contributed by atoms with Gasteiger partial charge in [0, 0.05) is 25.5 Å². The SMILES string of the molecule is C=COC(=O)N1CCC(C#N)(c2cncc(Cl)c2)CC1. The van der Waals surface area contributed by atoms with Crippen molar-refractivity contribution in [2.24, 2.45) is 0 Å². The van der Waals surface area contributed by atoms with E-state index in [0.717, 1.165) is 11.8 Å². The third kappa shape index (κ3) is 2.75. The number of nitrogens with zero attached hydrogens (tertiary/aromatic N) is 3. The van der Waals surface area contributed by atoms with Crippen LogP contribution in [0.4, 0.5) is 4.79 Å². The monoisotopic (exact) mass is 291 g/mol. The van der Waals surface area contributed by atoms with E-state index in [-0.39, 0.29) is 0 Å². The van der Waals surface area contributed by atoms with Gasteiger partial charge in [-0.25, -0.2) is 4.79 Å². The van der Waals surface area contributed by atoms with Crippen molar-refractivity contribution in [3.63, 3.8) is 0 Å². The summed E-state index contributed by atoms with van der Waals surface area (Å²) in [6, 6.07) is 4.11. The maximum atomic E-state index is 11.6. The van der Waals surface area contributed by atoms with Crippen molar-refractivity contribution >= 4 is 17.7 Å². The molecule has 2 rings (SSSR count). The van der Waals surface area contributed by atoms with Crippen molar-refractivity contribution < 1.29 is 9.53 Å². The van der Waals surface area contributed by atoms with Gasteiger partial charge < -0.3 is 9.64 Å². The van der Waals surface area contributed by atoms with E-state index in [9.17, 15) is 10.1 Å². The molecule has 1 saturated heterocycles. The van der Waals surface area contributed by atoms with Crippen LogP contribution in [0.3, 0.4) is 0 Å². The Morgan fingerprint density at radius 2 is 2.25 bits per heavy atom. The predicted octanol–water partition coefficient (Wildman–Crippen LogP) is 2.87. The molecule has 0 aliphatic carbocycles. The minimum atomic E-state index is -0.650. The molecule has 2 heterocycles. The number of carbonyl (C=O) groups excluding carboxylic acids is 1. The number of amides is 1. The summed E-state index contributed by atoms with van der Waals surface area (Å²) in [7, 11) is 0. The van der Waals surface area contributed by atoms with E-state index in [1.165, 1.54) is 6.20 Å². The lowest BCUT2D eigenvalue weighted by atomic mass is 9.75. The Bertz CT molecular complexity index is 560. The van der Waals surface area contributed by atoms with Crippen molar-refractivity contribution in [2.75, 3.05) is 13.1 Å². The van der Waals surface area contributed by atoms with Crippen LogP contribution in [-0.2, 0) is 10.2 Å². The molecule has 1 amide bonds. The first-order valence-electron chi connectivity index (χ1n) is 6.20. The highest BCUT2D eigenvalue weighted by Gasteiger charge is 2.38. The summed E-state index contributed by atoms with van der Waals surface area (Å²) < 4.78 is 4.74. The molecule has 0 bridgehead atoms. The van der Waals surface area contributed by atoms with Crippen LogP contribution in [0.25, 0.3) is 0 Å². The molecule has 1 aromatic heterocycles. The first-order chi connectivity index (χ1) is 9.61. The van der Waals surface area contributed by atoms with Gasteiger partial charge in [0.05, 0.1) is 22.8 Å². The maximum absolute atomic E-state index is 11.6. The second-order valence-electron chi connectivity index (χ2n) is 4.62. The van der Waals surface area contributed by atoms with Crippen LogP contribution in [0.1, 0.15) is 18.4 Å². The molecule has 1 aliphatic heterocycles. The van der Waals surface area contributed by atoms with Crippen LogP contribution in [0, 0.1) is 11.3 Å². The summed E-state index contributed by atoms with van der Waals surface area (Å²) in [5.74, 6) is 0. The van der Waals surface area contributed by atoms with Gasteiger partial charge in [-0.2, -0.15) is 5.26 Å². The number of likely N-dealkylation sites (tertiary alicyclic amines) is 1. The van der Waals surface area contributed by atoms with Gasteiger partial charge in [-0.15, -0.1) is 0 Å². The van der Waals surface area contributed by atoms with Gasteiger partial charge in [0.1, 0.15) is 0 Å². The van der Waals surface area contributed by atoms with E-state index in [4.69, 9.17) is 16.3 Å². The number of hydrogen-bond donors (Lipinski definition) is 0. The third-order valence-corrected chi connectivity index (χ3v) is 3.74. The number of nitriles is 1. The smallest absolute Gasteiger partial charge is 0.414 e. The molecular formula is C14H14ClN3O2. The van der Waals surface area contributed by atoms with E-state index in [1.54, 1.807) is 17.2 Å². The molecule has 0 spiro atoms. The van der Waals surface area contributed by atoms with E-state index in [0.29, 0.717) is 31.0 Å². The zero-order valence-corrected chi connectivity index (χ0v) is 11.6. The van der Waals surface area contributed by atoms with Gasteiger partial charge in [0.2, 0.25) is 0 Å². The van der Waals surface area contributed by atoms with Crippen LogP contribution in [0.5, 0.6) is 0 Å². The van der Waals surface area contributed by atoms with Gasteiger partial charge in [0.25, 0.3) is 0 Å². The van der Waals surface area contributed by atoms with Gasteiger partial charge in [-0.1, -0.05) is 18.2 Å². The first-order valence-corrected chi connectivity index (χ1v) is 6.58. The molecule has 20 heavy (non-hydrogen) atoms. The number of ether oxygens (including phenoxy) is 1. The Kier molecular flexibility index (Phi) is 4.26. The van der Waals surface area contributed by atoms with Gasteiger partial charge in [-0.05, 0) is 24.5 Å². The lowest BCUT2D eigenvalue weighted by Gasteiger charge is -2.36. The maximum Gasteiger partial charge on any atom is 0.414 e. The highest BCUT2D eigenvalue weighted by atomic mass is 35.5. The van der Waals surface area contributed by atoms with E-state index >= 15 is 0 Å². The molecule has 1 fully saturated rings. The zero-order valence-electron chi connectivity index (χ0n) is 10.9. The Morgan fingerprint density at radius 3 is 2.80 bits per heavy atom. The molecular weight excluding hydrogens is 278 g/mol. The van der Waals surface area contributed by atoms with Crippen molar-refractivity contribution in [3.05, 3.63) is 41.9 Å². The number of aromatic nitrogens is 1. The fraction of sp³-hybridized carbons (Fsp3) is 0.357. The Balaban J connectivity index is 2.15. The molecule has 1 aromatic rings. The standard InChI is InChI=1S/C14H14ClN3O2/c1-2-20-13(19)18-5-3-14(10-16,4-6-18)11-7-12(15)9-17-8-11/h2,7-9H,1,3-6H2. The summed E-state index contributed by atoms with van der Waals surface area (Å²) in [5.41, 5.74) is 0.146. The number of piperidine rings is 1. The molecule has 6 heteroatoms. The normalized spacial score (nSPS) is 17.1. The minimum Gasteiger partial charge on any atom is -0.419 e. The number of carbonyl (C=O) groups is 1. The molecule has 104 valence electrons. The Hall–Kier alpha value is -2.06. The Morgan fingerprint density at radius 1 is 1.55 bits per heavy atom. The average molecular weight is 292 g/mol. The molecule has 0 aromatic carbocycles. The van der Waals surface area contributed by atoms with Gasteiger partial charge in [0.15, 0.2) is 0 Å². The van der Waals surface area contributed by atoms with Gasteiger partial charge >= 0.3 is 6.09 Å². The number of pyridine rings is 1. The van der Waals surface area contributed by atoms with Crippen molar-refractivity contribution in [2.45, 2.75) is 18.3 Å². The lowest BCUT2D eigenvalue weighted by molar-refractivity contribution is 0.118. The predicted molar refractivity (Wildman–Crippen MR) is 74.0 cm³/mol. The second-order valence-corrected chi connectivity index (χ2v) is 5.06. The van der Waals surface area contributed by atoms with Crippen molar-refractivity contribution in [1.29, 1.82) is 5.26 Å². The fourth-order valence-corrected chi connectivity index (χ4v) is 2.53. The highest BCUT2D eigenvalue weighted by molar-refractivity contribution is 6.30. The van der Waals surface area contributed by atoms with Gasteiger partial charge in [-0.3, -0.25) is 4.98 Å². The Labute approximate surface area is 122 Å². The molecule has 0 saturated carbocycles. The quantitative estimate of drug-likeness (QED) is 0.786. The van der Waals surface area contributed by atoms with Crippen LogP contribution < -0.4 is 0 Å². The lowest BCUT2D eigenvalue weighted by Crippen LogP contribution is -2.44. The summed E-state index contributed by atoms with van der Waals surface area (Å²) in [5, 5.41) is 10.0. The molecule has 5 nitrogen and oxygen atoms in total. The third-order valence-electron chi connectivity index (χ3n) is 3.53. The van der Waals surface area contributed by atoms with E-state index in [1.807, 2.05) is 0 Å². The largest absolute Gasteiger partial charge is 0.419 e. The molecule has 1 aliphatic rings. The van der Waals surface area contributed by atoms with Crippen molar-refractivity contribution in [1.82, 2.24) is 9.88 Å².